The third-order valence-corrected chi connectivity index (χ3v) is 6.22. The highest BCUT2D eigenvalue weighted by molar-refractivity contribution is 6.04. The van der Waals surface area contributed by atoms with E-state index in [2.05, 4.69) is 24.5 Å². The number of carbonyl (C=O) groups excluding carboxylic acids is 3. The van der Waals surface area contributed by atoms with Gasteiger partial charge < -0.3 is 15.5 Å². The zero-order valence-corrected chi connectivity index (χ0v) is 18.1. The van der Waals surface area contributed by atoms with Gasteiger partial charge in [0.1, 0.15) is 0 Å². The Hall–Kier alpha value is -3.15. The minimum atomic E-state index is -0.413. The van der Waals surface area contributed by atoms with E-state index in [4.69, 9.17) is 0 Å². The molecule has 0 bridgehead atoms. The van der Waals surface area contributed by atoms with Crippen molar-refractivity contribution < 1.29 is 14.4 Å². The van der Waals surface area contributed by atoms with Crippen LogP contribution in [-0.2, 0) is 14.4 Å². The van der Waals surface area contributed by atoms with Gasteiger partial charge in [0.2, 0.25) is 17.7 Å². The van der Waals surface area contributed by atoms with Crippen molar-refractivity contribution in [2.45, 2.75) is 45.4 Å². The molecule has 0 radical (unpaired) electrons. The maximum Gasteiger partial charge on any atom is 0.229 e. The van der Waals surface area contributed by atoms with Gasteiger partial charge >= 0.3 is 0 Å². The monoisotopic (exact) mass is 419 g/mol. The predicted molar refractivity (Wildman–Crippen MR) is 122 cm³/mol. The highest BCUT2D eigenvalue weighted by Crippen LogP contribution is 2.30. The molecule has 1 heterocycles. The molecule has 2 fully saturated rings. The Morgan fingerprint density at radius 2 is 1.58 bits per heavy atom. The highest BCUT2D eigenvalue weighted by atomic mass is 16.2. The maximum atomic E-state index is 12.8. The molecule has 1 saturated carbocycles. The third-order valence-electron chi connectivity index (χ3n) is 6.22. The molecule has 3 amide bonds. The molecule has 6 nitrogen and oxygen atoms in total. The van der Waals surface area contributed by atoms with Crippen LogP contribution in [0.15, 0.2) is 48.5 Å². The van der Waals surface area contributed by atoms with Gasteiger partial charge in [-0.1, -0.05) is 38.5 Å². The van der Waals surface area contributed by atoms with Crippen molar-refractivity contribution in [3.63, 3.8) is 0 Å². The van der Waals surface area contributed by atoms with E-state index in [0.29, 0.717) is 23.8 Å². The molecule has 0 spiro atoms. The second-order valence-electron chi connectivity index (χ2n) is 8.84. The van der Waals surface area contributed by atoms with Crippen LogP contribution in [0.2, 0.25) is 0 Å². The van der Waals surface area contributed by atoms with Crippen LogP contribution < -0.4 is 15.5 Å². The van der Waals surface area contributed by atoms with Crippen molar-refractivity contribution in [3.8, 4) is 0 Å². The first-order valence-corrected chi connectivity index (χ1v) is 11.0. The summed E-state index contributed by atoms with van der Waals surface area (Å²) < 4.78 is 0. The summed E-state index contributed by atoms with van der Waals surface area (Å²) in [7, 11) is 0. The van der Waals surface area contributed by atoms with Gasteiger partial charge in [0, 0.05) is 35.9 Å². The van der Waals surface area contributed by atoms with Gasteiger partial charge in [0.05, 0.1) is 5.92 Å². The van der Waals surface area contributed by atoms with Crippen LogP contribution >= 0.6 is 0 Å². The van der Waals surface area contributed by atoms with E-state index in [9.17, 15) is 14.4 Å². The Balaban J connectivity index is 1.41. The summed E-state index contributed by atoms with van der Waals surface area (Å²) in [6.45, 7) is 4.54. The fraction of sp³-hybridized carbons (Fsp3) is 0.400. The van der Waals surface area contributed by atoms with Crippen LogP contribution in [0.25, 0.3) is 0 Å². The van der Waals surface area contributed by atoms with E-state index >= 15 is 0 Å². The summed E-state index contributed by atoms with van der Waals surface area (Å²) in [6.07, 6.45) is 3.15. The first-order chi connectivity index (χ1) is 14.9. The zero-order valence-electron chi connectivity index (χ0n) is 18.1. The molecule has 6 heteroatoms. The minimum Gasteiger partial charge on any atom is -0.326 e. The molecule has 0 unspecified atom stereocenters. The molecule has 0 aromatic heterocycles. The Morgan fingerprint density at radius 3 is 2.23 bits per heavy atom. The van der Waals surface area contributed by atoms with Crippen LogP contribution in [0.1, 0.15) is 51.0 Å². The van der Waals surface area contributed by atoms with Crippen molar-refractivity contribution in [3.05, 3.63) is 54.1 Å². The molecule has 1 atom stereocenters. The van der Waals surface area contributed by atoms with E-state index in [1.807, 2.05) is 42.5 Å². The number of anilines is 3. The average Bonchev–Trinajstić information content (AvgIpc) is 3.09. The van der Waals surface area contributed by atoms with Crippen LogP contribution in [0.4, 0.5) is 17.1 Å². The molecule has 162 valence electrons. The summed E-state index contributed by atoms with van der Waals surface area (Å²) >= 11 is 0. The van der Waals surface area contributed by atoms with E-state index in [1.54, 1.807) is 11.0 Å². The molecule has 1 aliphatic heterocycles. The number of hydrogen-bond donors (Lipinski definition) is 2. The smallest absolute Gasteiger partial charge is 0.229 e. The Morgan fingerprint density at radius 1 is 0.935 bits per heavy atom. The van der Waals surface area contributed by atoms with Gasteiger partial charge in [-0.25, -0.2) is 0 Å². The summed E-state index contributed by atoms with van der Waals surface area (Å²) in [5.41, 5.74) is 3.29. The minimum absolute atomic E-state index is 0.0389. The Kier molecular flexibility index (Phi) is 6.07. The number of rotatable bonds is 6. The van der Waals surface area contributed by atoms with Crippen LogP contribution in [0, 0.1) is 11.8 Å². The molecule has 2 aromatic rings. The molecule has 2 aliphatic rings. The quantitative estimate of drug-likeness (QED) is 0.721. The molecular weight excluding hydrogens is 390 g/mol. The van der Waals surface area contributed by atoms with Crippen molar-refractivity contribution in [1.29, 1.82) is 0 Å². The zero-order chi connectivity index (χ0) is 22.0. The Labute approximate surface area is 183 Å². The van der Waals surface area contributed by atoms with Gasteiger partial charge in [-0.05, 0) is 54.7 Å². The summed E-state index contributed by atoms with van der Waals surface area (Å²) in [5, 5.41) is 5.91. The van der Waals surface area contributed by atoms with Crippen LogP contribution in [0.5, 0.6) is 0 Å². The van der Waals surface area contributed by atoms with Gasteiger partial charge in [-0.3, -0.25) is 14.4 Å². The number of benzene rings is 2. The topological polar surface area (TPSA) is 78.5 Å². The van der Waals surface area contributed by atoms with Crippen molar-refractivity contribution >= 4 is 34.8 Å². The molecule has 2 aromatic carbocycles. The lowest BCUT2D eigenvalue weighted by atomic mass is 9.85. The van der Waals surface area contributed by atoms with E-state index in [-0.39, 0.29) is 30.1 Å². The number of hydrogen-bond acceptors (Lipinski definition) is 3. The molecule has 1 saturated heterocycles. The predicted octanol–water partition coefficient (Wildman–Crippen LogP) is 4.54. The standard InChI is InChI=1S/C25H29N3O3/c1-16(2)18-8-4-9-20(12-18)26-25(31)19-13-23(29)28(15-19)22-11-5-10-21(14-22)27-24(30)17-6-3-7-17/h4-5,8-12,14,16-17,19H,3,6-7,13,15H2,1-2H3,(H,26,31)(H,27,30)/t19-/m1/s1. The number of nitrogens with zero attached hydrogens (tertiary/aromatic N) is 1. The lowest BCUT2D eigenvalue weighted by Gasteiger charge is -2.24. The van der Waals surface area contributed by atoms with Gasteiger partial charge in [-0.2, -0.15) is 0 Å². The van der Waals surface area contributed by atoms with Gasteiger partial charge in [0.25, 0.3) is 0 Å². The highest BCUT2D eigenvalue weighted by Gasteiger charge is 2.35. The largest absolute Gasteiger partial charge is 0.326 e. The van der Waals surface area contributed by atoms with Crippen molar-refractivity contribution in [1.82, 2.24) is 0 Å². The third kappa shape index (κ3) is 4.79. The number of carbonyl (C=O) groups is 3. The molecule has 4 rings (SSSR count). The van der Waals surface area contributed by atoms with Gasteiger partial charge in [0.15, 0.2) is 0 Å². The first kappa shape index (κ1) is 21.1. The number of nitrogens with one attached hydrogen (secondary N) is 2. The maximum absolute atomic E-state index is 12.8. The molecule has 31 heavy (non-hydrogen) atoms. The summed E-state index contributed by atoms with van der Waals surface area (Å²) in [5.74, 6) is -0.137. The van der Waals surface area contributed by atoms with E-state index < -0.39 is 5.92 Å². The Bertz CT molecular complexity index is 997. The van der Waals surface area contributed by atoms with Crippen molar-refractivity contribution in [2.24, 2.45) is 11.8 Å². The second-order valence-corrected chi connectivity index (χ2v) is 8.84. The molecule has 2 N–H and O–H groups in total. The van der Waals surface area contributed by atoms with Crippen LogP contribution in [0.3, 0.4) is 0 Å². The summed E-state index contributed by atoms with van der Waals surface area (Å²) in [6, 6.07) is 15.1. The van der Waals surface area contributed by atoms with Crippen molar-refractivity contribution in [2.75, 3.05) is 22.1 Å². The fourth-order valence-electron chi connectivity index (χ4n) is 4.02. The average molecular weight is 420 g/mol. The molecule has 1 aliphatic carbocycles. The lowest BCUT2D eigenvalue weighted by molar-refractivity contribution is -0.122. The normalized spacial score (nSPS) is 18.7. The first-order valence-electron chi connectivity index (χ1n) is 11.0. The lowest BCUT2D eigenvalue weighted by Crippen LogP contribution is -2.29. The summed E-state index contributed by atoms with van der Waals surface area (Å²) in [4.78, 5) is 39.3. The fourth-order valence-corrected chi connectivity index (χ4v) is 4.02. The van der Waals surface area contributed by atoms with Crippen LogP contribution in [-0.4, -0.2) is 24.3 Å². The van der Waals surface area contributed by atoms with Gasteiger partial charge in [-0.15, -0.1) is 0 Å². The molecular formula is C25H29N3O3. The number of amides is 3. The second kappa shape index (κ2) is 8.92. The SMILES string of the molecule is CC(C)c1cccc(NC(=O)[C@@H]2CC(=O)N(c3cccc(NC(=O)C4CCC4)c3)C2)c1. The van der Waals surface area contributed by atoms with E-state index in [1.165, 1.54) is 0 Å². The van der Waals surface area contributed by atoms with E-state index in [0.717, 1.165) is 30.5 Å².